The van der Waals surface area contributed by atoms with Gasteiger partial charge in [0.25, 0.3) is 0 Å². The van der Waals surface area contributed by atoms with Crippen molar-refractivity contribution in [1.29, 1.82) is 0 Å². The van der Waals surface area contributed by atoms with Crippen molar-refractivity contribution in [2.45, 2.75) is 20.8 Å². The van der Waals surface area contributed by atoms with Gasteiger partial charge in [0.2, 0.25) is 0 Å². The zero-order valence-electron chi connectivity index (χ0n) is 6.39. The molecule has 0 aromatic carbocycles. The molecule has 2 nitrogen and oxygen atoms in total. The van der Waals surface area contributed by atoms with E-state index in [-0.39, 0.29) is 0 Å². The molecule has 0 fully saturated rings. The minimum atomic E-state index is 0.975. The lowest BCUT2D eigenvalue weighted by atomic mass is 10.3. The molecule has 0 saturated carbocycles. The molecule has 2 heteroatoms. The third kappa shape index (κ3) is 11.0. The lowest BCUT2D eigenvalue weighted by Gasteiger charge is -1.81. The van der Waals surface area contributed by atoms with E-state index in [1.54, 1.807) is 6.08 Å². The van der Waals surface area contributed by atoms with E-state index in [4.69, 9.17) is 11.5 Å². The Morgan fingerprint density at radius 2 is 1.67 bits per heavy atom. The fraction of sp³-hybridized carbons (Fsp3) is 0.429. The number of hydrogen-bond donors (Lipinski definition) is 2. The molecule has 4 N–H and O–H groups in total. The Morgan fingerprint density at radius 1 is 1.22 bits per heavy atom. The molecule has 0 bridgehead atoms. The molecule has 0 radical (unpaired) electrons. The van der Waals surface area contributed by atoms with Gasteiger partial charge >= 0.3 is 0 Å². The van der Waals surface area contributed by atoms with Crippen LogP contribution < -0.4 is 11.5 Å². The average molecular weight is 128 g/mol. The van der Waals surface area contributed by atoms with Crippen LogP contribution in [0.4, 0.5) is 0 Å². The predicted octanol–water partition coefficient (Wildman–Crippen LogP) is 1.35. The Labute approximate surface area is 57.2 Å². The minimum Gasteiger partial charge on any atom is -0.405 e. The normalized spacial score (nSPS) is 10.8. The first-order chi connectivity index (χ1) is 4.31. The molecular weight excluding hydrogens is 112 g/mol. The summed E-state index contributed by atoms with van der Waals surface area (Å²) in [6.07, 6.45) is 4.70. The van der Waals surface area contributed by atoms with Gasteiger partial charge in [-0.3, -0.25) is 0 Å². The van der Waals surface area contributed by atoms with Crippen molar-refractivity contribution >= 4 is 0 Å². The van der Waals surface area contributed by atoms with Crippen LogP contribution in [0.25, 0.3) is 0 Å². The van der Waals surface area contributed by atoms with Crippen molar-refractivity contribution in [1.82, 2.24) is 0 Å². The Balaban J connectivity index is 0. The summed E-state index contributed by atoms with van der Waals surface area (Å²) < 4.78 is 0. The average Bonchev–Trinajstić information content (AvgIpc) is 1.93. The highest BCUT2D eigenvalue weighted by Gasteiger charge is 1.70. The van der Waals surface area contributed by atoms with E-state index in [0.29, 0.717) is 0 Å². The van der Waals surface area contributed by atoms with E-state index in [1.165, 1.54) is 12.4 Å². The van der Waals surface area contributed by atoms with Crippen LogP contribution in [-0.2, 0) is 0 Å². The predicted molar refractivity (Wildman–Crippen MR) is 42.6 cm³/mol. The number of hydrogen-bond acceptors (Lipinski definition) is 2. The van der Waals surface area contributed by atoms with Crippen molar-refractivity contribution in [3.63, 3.8) is 0 Å². The van der Waals surface area contributed by atoms with Crippen molar-refractivity contribution in [3.8, 4) is 0 Å². The molecule has 0 aliphatic rings. The van der Waals surface area contributed by atoms with Gasteiger partial charge in [0.15, 0.2) is 0 Å². The Hall–Kier alpha value is -0.920. The fourth-order valence-corrected chi connectivity index (χ4v) is 0.207. The van der Waals surface area contributed by atoms with Crippen molar-refractivity contribution < 1.29 is 0 Å². The van der Waals surface area contributed by atoms with Crippen LogP contribution in [0.15, 0.2) is 24.0 Å². The van der Waals surface area contributed by atoms with Crippen LogP contribution in [0, 0.1) is 0 Å². The summed E-state index contributed by atoms with van der Waals surface area (Å²) >= 11 is 0. The van der Waals surface area contributed by atoms with Crippen LogP contribution in [0.2, 0.25) is 0 Å². The molecular formula is C7H16N2. The van der Waals surface area contributed by atoms with Gasteiger partial charge in [0.05, 0.1) is 0 Å². The summed E-state index contributed by atoms with van der Waals surface area (Å²) in [6, 6.07) is 0. The Morgan fingerprint density at radius 3 is 1.78 bits per heavy atom. The van der Waals surface area contributed by atoms with Gasteiger partial charge in [0, 0.05) is 0 Å². The van der Waals surface area contributed by atoms with E-state index >= 15 is 0 Å². The van der Waals surface area contributed by atoms with Gasteiger partial charge in [-0.25, -0.2) is 0 Å². The first-order valence-electron chi connectivity index (χ1n) is 3.08. The molecule has 0 aromatic rings. The van der Waals surface area contributed by atoms with E-state index < -0.39 is 0 Å². The molecule has 9 heavy (non-hydrogen) atoms. The molecule has 0 saturated heterocycles. The first kappa shape index (κ1) is 11.0. The quantitative estimate of drug-likeness (QED) is 0.524. The molecule has 0 rings (SSSR count). The summed E-state index contributed by atoms with van der Waals surface area (Å²) in [5.41, 5.74) is 11.1. The second-order valence-electron chi connectivity index (χ2n) is 1.27. The van der Waals surface area contributed by atoms with Crippen LogP contribution in [-0.4, -0.2) is 0 Å². The van der Waals surface area contributed by atoms with Gasteiger partial charge in [-0.05, 0) is 31.0 Å². The third-order valence-corrected chi connectivity index (χ3v) is 0.622. The maximum Gasteiger partial charge on any atom is -0.00320 e. The van der Waals surface area contributed by atoms with Gasteiger partial charge in [-0.1, -0.05) is 13.8 Å². The van der Waals surface area contributed by atoms with E-state index in [1.807, 2.05) is 20.8 Å². The number of allylic oxidation sites excluding steroid dienone is 2. The van der Waals surface area contributed by atoms with Crippen molar-refractivity contribution in [2.24, 2.45) is 11.5 Å². The molecule has 0 aliphatic heterocycles. The van der Waals surface area contributed by atoms with E-state index in [9.17, 15) is 0 Å². The maximum atomic E-state index is 5.09. The SMILES string of the molecule is CC.CC(/C=C\N)=C/N. The van der Waals surface area contributed by atoms with Gasteiger partial charge in [-0.2, -0.15) is 0 Å². The van der Waals surface area contributed by atoms with Gasteiger partial charge in [-0.15, -0.1) is 0 Å². The fourth-order valence-electron chi connectivity index (χ4n) is 0.207. The molecule has 0 spiro atoms. The molecule has 0 heterocycles. The monoisotopic (exact) mass is 128 g/mol. The summed E-state index contributed by atoms with van der Waals surface area (Å²) in [6.45, 7) is 5.88. The lowest BCUT2D eigenvalue weighted by molar-refractivity contribution is 1.41. The second-order valence-corrected chi connectivity index (χ2v) is 1.27. The smallest absolute Gasteiger partial charge is 0.00320 e. The zero-order valence-corrected chi connectivity index (χ0v) is 6.39. The molecule has 0 amide bonds. The van der Waals surface area contributed by atoms with Gasteiger partial charge in [0.1, 0.15) is 0 Å². The van der Waals surface area contributed by atoms with E-state index in [2.05, 4.69) is 0 Å². The van der Waals surface area contributed by atoms with E-state index in [0.717, 1.165) is 5.57 Å². The highest BCUT2D eigenvalue weighted by atomic mass is 14.5. The van der Waals surface area contributed by atoms with Crippen LogP contribution in [0.5, 0.6) is 0 Å². The summed E-state index contributed by atoms with van der Waals surface area (Å²) in [4.78, 5) is 0. The topological polar surface area (TPSA) is 52.0 Å². The lowest BCUT2D eigenvalue weighted by Crippen LogP contribution is -1.82. The highest BCUT2D eigenvalue weighted by molar-refractivity contribution is 5.12. The second kappa shape index (κ2) is 10.1. The number of rotatable bonds is 1. The first-order valence-corrected chi connectivity index (χ1v) is 3.08. The summed E-state index contributed by atoms with van der Waals surface area (Å²) in [7, 11) is 0. The standard InChI is InChI=1S/C5H10N2.C2H6/c1-5(4-7)2-3-6;1-2/h2-4H,6-7H2,1H3;1-2H3/b3-2-,5-4-;. The maximum absolute atomic E-state index is 5.09. The van der Waals surface area contributed by atoms with Crippen LogP contribution in [0.1, 0.15) is 20.8 Å². The largest absolute Gasteiger partial charge is 0.405 e. The van der Waals surface area contributed by atoms with Crippen LogP contribution >= 0.6 is 0 Å². The highest BCUT2D eigenvalue weighted by Crippen LogP contribution is 1.86. The number of nitrogens with two attached hydrogens (primary N) is 2. The summed E-state index contributed by atoms with van der Waals surface area (Å²) in [5, 5.41) is 0. The molecule has 0 aromatic heterocycles. The van der Waals surface area contributed by atoms with Gasteiger partial charge < -0.3 is 11.5 Å². The van der Waals surface area contributed by atoms with Crippen molar-refractivity contribution in [3.05, 3.63) is 24.0 Å². The molecule has 0 unspecified atom stereocenters. The Bertz CT molecular complexity index is 93.1. The Kier molecular flexibility index (Phi) is 12.3. The van der Waals surface area contributed by atoms with Crippen molar-refractivity contribution in [2.75, 3.05) is 0 Å². The molecule has 0 atom stereocenters. The summed E-state index contributed by atoms with van der Waals surface area (Å²) in [5.74, 6) is 0. The van der Waals surface area contributed by atoms with Crippen LogP contribution in [0.3, 0.4) is 0 Å². The molecule has 54 valence electrons. The molecule has 0 aliphatic carbocycles. The third-order valence-electron chi connectivity index (χ3n) is 0.622. The minimum absolute atomic E-state index is 0.975. The zero-order chi connectivity index (χ0) is 7.70.